The molecule has 0 aliphatic heterocycles. The number of nitrogens with zero attached hydrogens (tertiary/aromatic N) is 1. The Balaban J connectivity index is 1.39. The topological polar surface area (TPSA) is 57.2 Å². The molecule has 0 radical (unpaired) electrons. The smallest absolute Gasteiger partial charge is 0.243 e. The maximum atomic E-state index is 12.1. The third kappa shape index (κ3) is 2.75. The van der Waals surface area contributed by atoms with E-state index in [2.05, 4.69) is 27.6 Å². The van der Waals surface area contributed by atoms with E-state index < -0.39 is 0 Å². The summed E-state index contributed by atoms with van der Waals surface area (Å²) in [5.41, 5.74) is 5.92. The Labute approximate surface area is 134 Å². The van der Waals surface area contributed by atoms with Gasteiger partial charge in [-0.05, 0) is 24.0 Å². The Hall–Kier alpha value is -2.88. The van der Waals surface area contributed by atoms with E-state index in [1.807, 2.05) is 48.7 Å². The summed E-state index contributed by atoms with van der Waals surface area (Å²) in [7, 11) is 0. The molecule has 3 aromatic rings. The summed E-state index contributed by atoms with van der Waals surface area (Å²) in [6, 6.07) is 18.2. The van der Waals surface area contributed by atoms with Crippen LogP contribution >= 0.6 is 0 Å². The third-order valence-corrected chi connectivity index (χ3v) is 4.35. The fraction of sp³-hybridized carbons (Fsp3) is 0.158. The van der Waals surface area contributed by atoms with Crippen LogP contribution in [0.3, 0.4) is 0 Å². The molecule has 114 valence electrons. The van der Waals surface area contributed by atoms with E-state index in [-0.39, 0.29) is 11.8 Å². The van der Waals surface area contributed by atoms with Crippen LogP contribution in [-0.4, -0.2) is 17.1 Å². The molecule has 2 aromatic carbocycles. The van der Waals surface area contributed by atoms with Crippen LogP contribution in [0.5, 0.6) is 0 Å². The number of carbonyl (C=O) groups is 1. The Bertz CT molecular complexity index is 866. The Morgan fingerprint density at radius 2 is 1.91 bits per heavy atom. The maximum absolute atomic E-state index is 12.1. The number of hydrogen-bond donors (Lipinski definition) is 2. The number of hydrazone groups is 1. The van der Waals surface area contributed by atoms with Crippen LogP contribution in [0.1, 0.15) is 23.5 Å². The molecule has 2 N–H and O–H groups in total. The summed E-state index contributed by atoms with van der Waals surface area (Å²) >= 11 is 0. The van der Waals surface area contributed by atoms with Gasteiger partial charge in [-0.15, -0.1) is 0 Å². The van der Waals surface area contributed by atoms with E-state index in [9.17, 15) is 4.79 Å². The highest BCUT2D eigenvalue weighted by molar-refractivity contribution is 5.99. The average Bonchev–Trinajstić information content (AvgIpc) is 3.31. The van der Waals surface area contributed by atoms with Crippen molar-refractivity contribution in [2.45, 2.75) is 12.3 Å². The van der Waals surface area contributed by atoms with Gasteiger partial charge < -0.3 is 4.98 Å². The molecule has 0 saturated heterocycles. The number of fused-ring (bicyclic) bond motifs is 1. The van der Waals surface area contributed by atoms with Crippen molar-refractivity contribution in [1.29, 1.82) is 0 Å². The van der Waals surface area contributed by atoms with Crippen LogP contribution in [0.25, 0.3) is 10.9 Å². The van der Waals surface area contributed by atoms with E-state index in [4.69, 9.17) is 0 Å². The first kappa shape index (κ1) is 13.8. The predicted molar refractivity (Wildman–Crippen MR) is 91.3 cm³/mol. The molecule has 0 spiro atoms. The van der Waals surface area contributed by atoms with Crippen LogP contribution < -0.4 is 5.43 Å². The summed E-state index contributed by atoms with van der Waals surface area (Å²) in [5.74, 6) is 0.368. The highest BCUT2D eigenvalue weighted by Crippen LogP contribution is 2.47. The molecular formula is C19H17N3O. The number of amides is 1. The van der Waals surface area contributed by atoms with Gasteiger partial charge in [-0.3, -0.25) is 4.79 Å². The van der Waals surface area contributed by atoms with E-state index in [0.717, 1.165) is 22.9 Å². The van der Waals surface area contributed by atoms with E-state index in [0.29, 0.717) is 5.92 Å². The lowest BCUT2D eigenvalue weighted by atomic mass is 10.1. The van der Waals surface area contributed by atoms with Crippen LogP contribution in [0.15, 0.2) is 65.9 Å². The molecule has 4 heteroatoms. The molecule has 1 saturated carbocycles. The molecule has 1 fully saturated rings. The second kappa shape index (κ2) is 5.72. The number of nitrogens with one attached hydrogen (secondary N) is 2. The van der Waals surface area contributed by atoms with Crippen molar-refractivity contribution >= 4 is 23.0 Å². The monoisotopic (exact) mass is 303 g/mol. The van der Waals surface area contributed by atoms with E-state index >= 15 is 0 Å². The molecule has 23 heavy (non-hydrogen) atoms. The summed E-state index contributed by atoms with van der Waals surface area (Å²) in [6.07, 6.45) is 4.49. The molecular weight excluding hydrogens is 286 g/mol. The van der Waals surface area contributed by atoms with Gasteiger partial charge in [0.25, 0.3) is 0 Å². The lowest BCUT2D eigenvalue weighted by Gasteiger charge is -1.99. The van der Waals surface area contributed by atoms with Gasteiger partial charge in [-0.1, -0.05) is 48.5 Å². The zero-order valence-corrected chi connectivity index (χ0v) is 12.6. The summed E-state index contributed by atoms with van der Waals surface area (Å²) in [5, 5.41) is 5.21. The standard InChI is InChI=1S/C19H17N3O/c23-19(17-10-16(17)13-6-2-1-3-7-13)22-21-12-14-11-20-18-9-5-4-8-15(14)18/h1-9,11-12,16-17,20H,10H2,(H,22,23)/b21-12+/t16-,17+/m0/s1. The molecule has 4 rings (SSSR count). The van der Waals surface area contributed by atoms with Crippen LogP contribution in [0, 0.1) is 5.92 Å². The molecule has 4 nitrogen and oxygen atoms in total. The first-order valence-corrected chi connectivity index (χ1v) is 7.77. The van der Waals surface area contributed by atoms with Gasteiger partial charge in [0.2, 0.25) is 5.91 Å². The minimum absolute atomic E-state index is 0.00468. The van der Waals surface area contributed by atoms with Crippen LogP contribution in [-0.2, 0) is 4.79 Å². The highest BCUT2D eigenvalue weighted by atomic mass is 16.2. The Morgan fingerprint density at radius 1 is 1.13 bits per heavy atom. The number of carbonyl (C=O) groups excluding carboxylic acids is 1. The molecule has 1 amide bonds. The first-order valence-electron chi connectivity index (χ1n) is 7.77. The number of para-hydroxylation sites is 1. The second-order valence-corrected chi connectivity index (χ2v) is 5.88. The maximum Gasteiger partial charge on any atom is 0.243 e. The van der Waals surface area contributed by atoms with Gasteiger partial charge in [-0.25, -0.2) is 5.43 Å². The van der Waals surface area contributed by atoms with Gasteiger partial charge >= 0.3 is 0 Å². The van der Waals surface area contributed by atoms with E-state index in [1.165, 1.54) is 5.56 Å². The number of hydrogen-bond acceptors (Lipinski definition) is 2. The highest BCUT2D eigenvalue weighted by Gasteiger charge is 2.43. The number of H-pyrrole nitrogens is 1. The summed E-state index contributed by atoms with van der Waals surface area (Å²) in [4.78, 5) is 15.3. The fourth-order valence-corrected chi connectivity index (χ4v) is 3.00. The lowest BCUT2D eigenvalue weighted by Crippen LogP contribution is -2.20. The average molecular weight is 303 g/mol. The van der Waals surface area contributed by atoms with Crippen molar-refractivity contribution in [3.8, 4) is 0 Å². The predicted octanol–water partition coefficient (Wildman–Crippen LogP) is 3.42. The van der Waals surface area contributed by atoms with Crippen LogP contribution in [0.4, 0.5) is 0 Å². The zero-order valence-electron chi connectivity index (χ0n) is 12.6. The summed E-state index contributed by atoms with van der Waals surface area (Å²) < 4.78 is 0. The van der Waals surface area contributed by atoms with Crippen molar-refractivity contribution in [3.05, 3.63) is 71.9 Å². The SMILES string of the molecule is O=C(N/N=C/c1c[nH]c2ccccc12)[C@@H]1C[C@H]1c1ccccc1. The van der Waals surface area contributed by atoms with Gasteiger partial charge in [0.1, 0.15) is 0 Å². The molecule has 2 atom stereocenters. The zero-order chi connectivity index (χ0) is 15.6. The van der Waals surface area contributed by atoms with Crippen molar-refractivity contribution in [1.82, 2.24) is 10.4 Å². The van der Waals surface area contributed by atoms with Gasteiger partial charge in [0.15, 0.2) is 0 Å². The molecule has 1 aliphatic rings. The molecule has 1 heterocycles. The molecule has 1 aromatic heterocycles. The Kier molecular flexibility index (Phi) is 3.42. The molecule has 0 unspecified atom stereocenters. The Morgan fingerprint density at radius 3 is 2.78 bits per heavy atom. The number of rotatable bonds is 4. The van der Waals surface area contributed by atoms with Crippen molar-refractivity contribution in [3.63, 3.8) is 0 Å². The number of aromatic amines is 1. The number of aromatic nitrogens is 1. The molecule has 1 aliphatic carbocycles. The van der Waals surface area contributed by atoms with E-state index in [1.54, 1.807) is 6.21 Å². The van der Waals surface area contributed by atoms with Crippen molar-refractivity contribution in [2.24, 2.45) is 11.0 Å². The summed E-state index contributed by atoms with van der Waals surface area (Å²) in [6.45, 7) is 0. The normalized spacial score (nSPS) is 20.0. The van der Waals surface area contributed by atoms with Crippen LogP contribution in [0.2, 0.25) is 0 Å². The minimum Gasteiger partial charge on any atom is -0.361 e. The van der Waals surface area contributed by atoms with Gasteiger partial charge in [-0.2, -0.15) is 5.10 Å². The number of benzene rings is 2. The lowest BCUT2D eigenvalue weighted by molar-refractivity contribution is -0.122. The second-order valence-electron chi connectivity index (χ2n) is 5.88. The first-order chi connectivity index (χ1) is 11.3. The van der Waals surface area contributed by atoms with Crippen molar-refractivity contribution < 1.29 is 4.79 Å². The third-order valence-electron chi connectivity index (χ3n) is 4.35. The van der Waals surface area contributed by atoms with Gasteiger partial charge in [0.05, 0.1) is 6.21 Å². The van der Waals surface area contributed by atoms with Crippen molar-refractivity contribution in [2.75, 3.05) is 0 Å². The molecule has 0 bridgehead atoms. The largest absolute Gasteiger partial charge is 0.361 e. The van der Waals surface area contributed by atoms with Gasteiger partial charge in [0, 0.05) is 28.6 Å². The minimum atomic E-state index is -0.00468. The quantitative estimate of drug-likeness (QED) is 0.563. The fourth-order valence-electron chi connectivity index (χ4n) is 3.00.